The van der Waals surface area contributed by atoms with Crippen LogP contribution in [0.5, 0.6) is 0 Å². The van der Waals surface area contributed by atoms with Crippen molar-refractivity contribution in [3.63, 3.8) is 0 Å². The fourth-order valence-electron chi connectivity index (χ4n) is 2.26. The van der Waals surface area contributed by atoms with E-state index in [1.54, 1.807) is 18.8 Å². The number of guanidine groups is 1. The minimum atomic E-state index is 0.285. The Hall–Kier alpha value is -0.950. The highest BCUT2D eigenvalue weighted by molar-refractivity contribution is 7.99. The zero-order valence-corrected chi connectivity index (χ0v) is 15.7. The molecule has 1 aromatic carbocycles. The molecule has 0 bridgehead atoms. The van der Waals surface area contributed by atoms with Crippen molar-refractivity contribution in [1.82, 2.24) is 10.6 Å². The molecule has 7 heteroatoms. The molecular formula is C17H26ClN3O2S. The first-order chi connectivity index (χ1) is 11.8. The molecule has 0 radical (unpaired) electrons. The fraction of sp³-hybridized carbons (Fsp3) is 0.588. The van der Waals surface area contributed by atoms with Gasteiger partial charge in [0.25, 0.3) is 0 Å². The van der Waals surface area contributed by atoms with E-state index in [4.69, 9.17) is 21.1 Å². The largest absolute Gasteiger partial charge is 0.379 e. The molecule has 2 rings (SSSR count). The minimum absolute atomic E-state index is 0.285. The predicted molar refractivity (Wildman–Crippen MR) is 101 cm³/mol. The maximum absolute atomic E-state index is 5.88. The monoisotopic (exact) mass is 371 g/mol. The first-order valence-electron chi connectivity index (χ1n) is 8.30. The lowest BCUT2D eigenvalue weighted by molar-refractivity contribution is 0.0420. The molecule has 1 saturated heterocycles. The molecule has 1 aromatic rings. The van der Waals surface area contributed by atoms with Gasteiger partial charge < -0.3 is 20.1 Å². The van der Waals surface area contributed by atoms with Crippen LogP contribution in [-0.2, 0) is 9.47 Å². The molecule has 1 atom stereocenters. The van der Waals surface area contributed by atoms with Crippen LogP contribution in [-0.4, -0.2) is 57.8 Å². The number of benzene rings is 1. The second-order valence-corrected chi connectivity index (χ2v) is 7.04. The number of hydrogen-bond acceptors (Lipinski definition) is 4. The van der Waals surface area contributed by atoms with Crippen LogP contribution in [0.2, 0.25) is 5.02 Å². The Bertz CT molecular complexity index is 493. The number of rotatable bonds is 9. The van der Waals surface area contributed by atoms with Gasteiger partial charge in [-0.2, -0.15) is 0 Å². The van der Waals surface area contributed by atoms with Crippen molar-refractivity contribution < 1.29 is 9.47 Å². The van der Waals surface area contributed by atoms with E-state index in [1.807, 2.05) is 24.3 Å². The molecule has 0 spiro atoms. The number of halogens is 1. The van der Waals surface area contributed by atoms with Gasteiger partial charge in [-0.15, -0.1) is 11.8 Å². The van der Waals surface area contributed by atoms with Gasteiger partial charge in [-0.25, -0.2) is 0 Å². The quantitative estimate of drug-likeness (QED) is 0.302. The minimum Gasteiger partial charge on any atom is -0.379 e. The Morgan fingerprint density at radius 1 is 1.33 bits per heavy atom. The summed E-state index contributed by atoms with van der Waals surface area (Å²) in [5, 5.41) is 7.39. The average molecular weight is 372 g/mol. The highest BCUT2D eigenvalue weighted by Gasteiger charge is 2.15. The number of aliphatic imine (C=N–C) groups is 1. The van der Waals surface area contributed by atoms with Gasteiger partial charge in [0.05, 0.1) is 12.7 Å². The molecule has 0 amide bonds. The van der Waals surface area contributed by atoms with E-state index in [1.165, 1.54) is 4.90 Å². The van der Waals surface area contributed by atoms with Gasteiger partial charge in [-0.3, -0.25) is 4.99 Å². The topological polar surface area (TPSA) is 54.9 Å². The third-order valence-corrected chi connectivity index (χ3v) is 4.82. The predicted octanol–water partition coefficient (Wildman–Crippen LogP) is 2.79. The molecule has 1 heterocycles. The van der Waals surface area contributed by atoms with Crippen LogP contribution in [0.3, 0.4) is 0 Å². The average Bonchev–Trinajstić information content (AvgIpc) is 3.11. The lowest BCUT2D eigenvalue weighted by atomic mass is 10.3. The van der Waals surface area contributed by atoms with E-state index in [-0.39, 0.29) is 6.10 Å². The van der Waals surface area contributed by atoms with E-state index in [0.717, 1.165) is 62.5 Å². The van der Waals surface area contributed by atoms with Crippen molar-refractivity contribution >= 4 is 29.3 Å². The zero-order chi connectivity index (χ0) is 17.0. The standard InChI is InChI=1S/C17H26ClN3O2S/c1-19-17(20-8-2-10-23-15-7-11-22-13-15)21-9-12-24-16-5-3-14(18)4-6-16/h3-6,15H,2,7-13H2,1H3,(H2,19,20,21). The first-order valence-corrected chi connectivity index (χ1v) is 9.66. The summed E-state index contributed by atoms with van der Waals surface area (Å²) >= 11 is 7.67. The van der Waals surface area contributed by atoms with Crippen molar-refractivity contribution in [3.05, 3.63) is 29.3 Å². The maximum Gasteiger partial charge on any atom is 0.191 e. The Morgan fingerprint density at radius 2 is 2.12 bits per heavy atom. The number of ether oxygens (including phenoxy) is 2. The number of nitrogens with zero attached hydrogens (tertiary/aromatic N) is 1. The molecule has 0 saturated carbocycles. The molecule has 0 aliphatic carbocycles. The molecule has 1 unspecified atom stereocenters. The normalized spacial score (nSPS) is 17.9. The third kappa shape index (κ3) is 7.75. The lowest BCUT2D eigenvalue weighted by Crippen LogP contribution is -2.39. The summed E-state index contributed by atoms with van der Waals surface area (Å²) in [7, 11) is 1.79. The Kier molecular flexibility index (Phi) is 9.35. The smallest absolute Gasteiger partial charge is 0.191 e. The van der Waals surface area contributed by atoms with Gasteiger partial charge in [0.15, 0.2) is 5.96 Å². The summed E-state index contributed by atoms with van der Waals surface area (Å²) < 4.78 is 11.0. The third-order valence-electron chi connectivity index (χ3n) is 3.56. The van der Waals surface area contributed by atoms with Gasteiger partial charge in [-0.1, -0.05) is 11.6 Å². The van der Waals surface area contributed by atoms with E-state index in [2.05, 4.69) is 15.6 Å². The van der Waals surface area contributed by atoms with Crippen LogP contribution in [0, 0.1) is 0 Å². The van der Waals surface area contributed by atoms with E-state index >= 15 is 0 Å². The van der Waals surface area contributed by atoms with Crippen LogP contribution in [0.15, 0.2) is 34.2 Å². The van der Waals surface area contributed by atoms with Crippen molar-refractivity contribution in [1.29, 1.82) is 0 Å². The molecule has 1 aliphatic heterocycles. The maximum atomic E-state index is 5.88. The van der Waals surface area contributed by atoms with E-state index in [9.17, 15) is 0 Å². The summed E-state index contributed by atoms with van der Waals surface area (Å²) in [6, 6.07) is 7.90. The van der Waals surface area contributed by atoms with E-state index in [0.29, 0.717) is 0 Å². The van der Waals surface area contributed by atoms with Crippen LogP contribution in [0.25, 0.3) is 0 Å². The fourth-order valence-corrected chi connectivity index (χ4v) is 3.16. The summed E-state index contributed by atoms with van der Waals surface area (Å²) in [4.78, 5) is 5.45. The summed E-state index contributed by atoms with van der Waals surface area (Å²) in [5.41, 5.74) is 0. The summed E-state index contributed by atoms with van der Waals surface area (Å²) in [5.74, 6) is 1.79. The van der Waals surface area contributed by atoms with Crippen molar-refractivity contribution in [2.24, 2.45) is 4.99 Å². The second-order valence-electron chi connectivity index (χ2n) is 5.44. The van der Waals surface area contributed by atoms with Crippen molar-refractivity contribution in [2.45, 2.75) is 23.8 Å². The molecule has 1 aliphatic rings. The molecule has 2 N–H and O–H groups in total. The molecule has 134 valence electrons. The van der Waals surface area contributed by atoms with Gasteiger partial charge in [-0.05, 0) is 37.1 Å². The zero-order valence-electron chi connectivity index (χ0n) is 14.1. The SMILES string of the molecule is CN=C(NCCCOC1CCOC1)NCCSc1ccc(Cl)cc1. The van der Waals surface area contributed by atoms with Crippen LogP contribution in [0.1, 0.15) is 12.8 Å². The highest BCUT2D eigenvalue weighted by atomic mass is 35.5. The van der Waals surface area contributed by atoms with Gasteiger partial charge in [0.1, 0.15) is 0 Å². The van der Waals surface area contributed by atoms with Crippen molar-refractivity contribution in [2.75, 3.05) is 45.7 Å². The van der Waals surface area contributed by atoms with Crippen molar-refractivity contribution in [3.8, 4) is 0 Å². The van der Waals surface area contributed by atoms with Gasteiger partial charge in [0, 0.05) is 49.0 Å². The number of hydrogen-bond donors (Lipinski definition) is 2. The lowest BCUT2D eigenvalue weighted by Gasteiger charge is -2.13. The number of thioether (sulfide) groups is 1. The van der Waals surface area contributed by atoms with Gasteiger partial charge >= 0.3 is 0 Å². The van der Waals surface area contributed by atoms with E-state index < -0.39 is 0 Å². The highest BCUT2D eigenvalue weighted by Crippen LogP contribution is 2.19. The van der Waals surface area contributed by atoms with Crippen LogP contribution >= 0.6 is 23.4 Å². The first kappa shape index (κ1) is 19.4. The second kappa shape index (κ2) is 11.6. The number of nitrogens with one attached hydrogen (secondary N) is 2. The van der Waals surface area contributed by atoms with Crippen LogP contribution < -0.4 is 10.6 Å². The molecule has 0 aromatic heterocycles. The summed E-state index contributed by atoms with van der Waals surface area (Å²) in [6.45, 7) is 4.01. The molecule has 24 heavy (non-hydrogen) atoms. The molecular weight excluding hydrogens is 346 g/mol. The molecule has 5 nitrogen and oxygen atoms in total. The Balaban J connectivity index is 1.49. The molecule has 1 fully saturated rings. The van der Waals surface area contributed by atoms with Crippen LogP contribution in [0.4, 0.5) is 0 Å². The Morgan fingerprint density at radius 3 is 2.83 bits per heavy atom. The Labute approximate surface area is 153 Å². The summed E-state index contributed by atoms with van der Waals surface area (Å²) in [6.07, 6.45) is 2.26. The van der Waals surface area contributed by atoms with Gasteiger partial charge in [0.2, 0.25) is 0 Å².